The van der Waals surface area contributed by atoms with Crippen LogP contribution in [0.5, 0.6) is 5.75 Å². The third-order valence-electron chi connectivity index (χ3n) is 5.80. The Kier molecular flexibility index (Phi) is 6.07. The number of aliphatic hydroxyl groups excluding tert-OH is 1. The molecule has 0 aliphatic carbocycles. The zero-order chi connectivity index (χ0) is 18.5. The first-order valence-corrected chi connectivity index (χ1v) is 10.1. The van der Waals surface area contributed by atoms with Gasteiger partial charge in [0.2, 0.25) is 0 Å². The van der Waals surface area contributed by atoms with Crippen molar-refractivity contribution < 1.29 is 9.84 Å². The minimum absolute atomic E-state index is 0.0529. The molecule has 3 heterocycles. The van der Waals surface area contributed by atoms with Gasteiger partial charge in [0.1, 0.15) is 12.4 Å². The summed E-state index contributed by atoms with van der Waals surface area (Å²) in [7, 11) is 0. The quantitative estimate of drug-likeness (QED) is 0.817. The van der Waals surface area contributed by atoms with E-state index in [9.17, 15) is 0 Å². The Balaban J connectivity index is 1.40. The van der Waals surface area contributed by atoms with Gasteiger partial charge in [-0.2, -0.15) is 0 Å². The molecule has 2 aromatic carbocycles. The molecule has 0 aromatic heterocycles. The summed E-state index contributed by atoms with van der Waals surface area (Å²) in [5.41, 5.74) is 2.71. The van der Waals surface area contributed by atoms with Crippen molar-refractivity contribution in [2.45, 2.75) is 32.0 Å². The highest BCUT2D eigenvalue weighted by atomic mass is 16.5. The second kappa shape index (κ2) is 8.87. The van der Waals surface area contributed by atoms with Crippen LogP contribution in [0.2, 0.25) is 0 Å². The fourth-order valence-electron chi connectivity index (χ4n) is 4.57. The van der Waals surface area contributed by atoms with Crippen molar-refractivity contribution in [3.05, 3.63) is 65.7 Å². The predicted octanol–water partition coefficient (Wildman–Crippen LogP) is 3.15. The zero-order valence-electron chi connectivity index (χ0n) is 16.0. The molecule has 2 bridgehead atoms. The molecule has 0 amide bonds. The van der Waals surface area contributed by atoms with E-state index in [-0.39, 0.29) is 6.61 Å². The number of piperidine rings is 1. The molecule has 2 atom stereocenters. The Bertz CT molecular complexity index is 721. The molecule has 0 radical (unpaired) electrons. The highest BCUT2D eigenvalue weighted by molar-refractivity contribution is 5.28. The lowest BCUT2D eigenvalue weighted by atomic mass is 9.94. The van der Waals surface area contributed by atoms with Crippen molar-refractivity contribution in [1.82, 2.24) is 9.80 Å². The lowest BCUT2D eigenvalue weighted by Gasteiger charge is -2.36. The summed E-state index contributed by atoms with van der Waals surface area (Å²) in [4.78, 5) is 5.32. The SMILES string of the molecule is OCCOc1cccc(CN2C[C@H]3CC[C@@H]2CN(Cc2ccccc2)C3)c1. The molecule has 4 nitrogen and oxygen atoms in total. The molecule has 2 aromatic rings. The summed E-state index contributed by atoms with van der Waals surface area (Å²) < 4.78 is 5.58. The molecule has 3 aliphatic rings. The van der Waals surface area contributed by atoms with Gasteiger partial charge in [-0.15, -0.1) is 0 Å². The summed E-state index contributed by atoms with van der Waals surface area (Å²) >= 11 is 0. The van der Waals surface area contributed by atoms with Crippen LogP contribution in [0.1, 0.15) is 24.0 Å². The largest absolute Gasteiger partial charge is 0.491 e. The number of fused-ring (bicyclic) bond motifs is 4. The third kappa shape index (κ3) is 4.89. The van der Waals surface area contributed by atoms with Gasteiger partial charge in [0.05, 0.1) is 6.61 Å². The summed E-state index contributed by atoms with van der Waals surface area (Å²) in [6, 6.07) is 19.8. The molecule has 3 aliphatic heterocycles. The molecule has 0 spiro atoms. The van der Waals surface area contributed by atoms with Gasteiger partial charge in [-0.25, -0.2) is 0 Å². The molecule has 27 heavy (non-hydrogen) atoms. The van der Waals surface area contributed by atoms with E-state index in [4.69, 9.17) is 9.84 Å². The van der Waals surface area contributed by atoms with Crippen molar-refractivity contribution in [2.24, 2.45) is 5.92 Å². The second-order valence-corrected chi connectivity index (χ2v) is 7.93. The van der Waals surface area contributed by atoms with E-state index in [0.29, 0.717) is 12.6 Å². The van der Waals surface area contributed by atoms with Crippen LogP contribution in [-0.4, -0.2) is 53.8 Å². The molecule has 4 heteroatoms. The van der Waals surface area contributed by atoms with Crippen LogP contribution in [0.15, 0.2) is 54.6 Å². The van der Waals surface area contributed by atoms with Crippen LogP contribution < -0.4 is 4.74 Å². The van der Waals surface area contributed by atoms with E-state index in [1.165, 1.54) is 37.1 Å². The lowest BCUT2D eigenvalue weighted by Crippen LogP contribution is -2.43. The van der Waals surface area contributed by atoms with Crippen molar-refractivity contribution in [3.63, 3.8) is 0 Å². The molecule has 5 rings (SSSR count). The first-order chi connectivity index (χ1) is 13.3. The Labute approximate surface area is 162 Å². The van der Waals surface area contributed by atoms with Gasteiger partial charge in [-0.05, 0) is 42.0 Å². The zero-order valence-corrected chi connectivity index (χ0v) is 16.0. The first kappa shape index (κ1) is 18.5. The number of hydrogen-bond donors (Lipinski definition) is 1. The average Bonchev–Trinajstić information content (AvgIpc) is 2.98. The number of rotatable bonds is 7. The van der Waals surface area contributed by atoms with E-state index < -0.39 is 0 Å². The first-order valence-electron chi connectivity index (χ1n) is 10.1. The fourth-order valence-corrected chi connectivity index (χ4v) is 4.57. The van der Waals surface area contributed by atoms with Crippen LogP contribution in [0.3, 0.4) is 0 Å². The number of nitrogens with zero attached hydrogens (tertiary/aromatic N) is 2. The van der Waals surface area contributed by atoms with Gasteiger partial charge in [-0.1, -0.05) is 42.5 Å². The van der Waals surface area contributed by atoms with Gasteiger partial charge in [0.15, 0.2) is 0 Å². The highest BCUT2D eigenvalue weighted by Gasteiger charge is 2.34. The minimum Gasteiger partial charge on any atom is -0.491 e. The number of hydrogen-bond acceptors (Lipinski definition) is 4. The molecular formula is C23H30N2O2. The Morgan fingerprint density at radius 1 is 0.889 bits per heavy atom. The van der Waals surface area contributed by atoms with Crippen LogP contribution in [0, 0.1) is 5.92 Å². The van der Waals surface area contributed by atoms with Gasteiger partial charge >= 0.3 is 0 Å². The number of aliphatic hydroxyl groups is 1. The summed E-state index contributed by atoms with van der Waals surface area (Å²) in [5.74, 6) is 1.62. The van der Waals surface area contributed by atoms with Crippen LogP contribution in [0.4, 0.5) is 0 Å². The van der Waals surface area contributed by atoms with Gasteiger partial charge in [-0.3, -0.25) is 9.80 Å². The summed E-state index contributed by atoms with van der Waals surface area (Å²) in [6.45, 7) is 6.01. The smallest absolute Gasteiger partial charge is 0.119 e. The molecule has 144 valence electrons. The normalized spacial score (nSPS) is 23.3. The molecule has 0 unspecified atom stereocenters. The summed E-state index contributed by atoms with van der Waals surface area (Å²) in [6.07, 6.45) is 2.66. The molecule has 0 saturated carbocycles. The summed E-state index contributed by atoms with van der Waals surface area (Å²) in [5, 5.41) is 8.95. The van der Waals surface area contributed by atoms with E-state index in [1.807, 2.05) is 6.07 Å². The highest BCUT2D eigenvalue weighted by Crippen LogP contribution is 2.30. The van der Waals surface area contributed by atoms with Crippen molar-refractivity contribution in [3.8, 4) is 5.75 Å². The fraction of sp³-hybridized carbons (Fsp3) is 0.478. The van der Waals surface area contributed by atoms with Crippen LogP contribution in [0.25, 0.3) is 0 Å². The maximum atomic E-state index is 8.95. The van der Waals surface area contributed by atoms with Gasteiger partial charge < -0.3 is 9.84 Å². The maximum Gasteiger partial charge on any atom is 0.119 e. The van der Waals surface area contributed by atoms with Gasteiger partial charge in [0.25, 0.3) is 0 Å². The molecule has 3 saturated heterocycles. The van der Waals surface area contributed by atoms with Crippen molar-refractivity contribution >= 4 is 0 Å². The van der Waals surface area contributed by atoms with E-state index >= 15 is 0 Å². The predicted molar refractivity (Wildman–Crippen MR) is 108 cm³/mol. The monoisotopic (exact) mass is 366 g/mol. The van der Waals surface area contributed by atoms with Crippen molar-refractivity contribution in [2.75, 3.05) is 32.8 Å². The van der Waals surface area contributed by atoms with Crippen molar-refractivity contribution in [1.29, 1.82) is 0 Å². The van der Waals surface area contributed by atoms with Crippen LogP contribution in [-0.2, 0) is 13.1 Å². The Morgan fingerprint density at radius 3 is 2.59 bits per heavy atom. The topological polar surface area (TPSA) is 35.9 Å². The number of ether oxygens (including phenoxy) is 1. The Morgan fingerprint density at radius 2 is 1.74 bits per heavy atom. The van der Waals surface area contributed by atoms with Gasteiger partial charge in [0, 0.05) is 38.8 Å². The lowest BCUT2D eigenvalue weighted by molar-refractivity contribution is 0.123. The van der Waals surface area contributed by atoms with E-state index in [2.05, 4.69) is 58.3 Å². The Hall–Kier alpha value is -1.88. The molecule has 1 N–H and O–H groups in total. The molecule has 3 fully saturated rings. The van der Waals surface area contributed by atoms with E-state index in [1.54, 1.807) is 0 Å². The van der Waals surface area contributed by atoms with Crippen LogP contribution >= 0.6 is 0 Å². The molecular weight excluding hydrogens is 336 g/mol. The maximum absolute atomic E-state index is 8.95. The standard InChI is InChI=1S/C23H30N2O2/c26-11-12-27-23-8-4-7-20(13-23)16-25-17-21-9-10-22(25)18-24(15-21)14-19-5-2-1-3-6-19/h1-8,13,21-22,26H,9-12,14-18H2/t21-,22+/m0/s1. The third-order valence-corrected chi connectivity index (χ3v) is 5.80. The van der Waals surface area contributed by atoms with E-state index in [0.717, 1.165) is 31.3 Å². The average molecular weight is 367 g/mol. The second-order valence-electron chi connectivity index (χ2n) is 7.93. The minimum atomic E-state index is 0.0529. The number of benzene rings is 2.